The summed E-state index contributed by atoms with van der Waals surface area (Å²) >= 11 is 6.10. The van der Waals surface area contributed by atoms with Gasteiger partial charge in [-0.15, -0.1) is 0 Å². The lowest BCUT2D eigenvalue weighted by molar-refractivity contribution is 0.0207. The standard InChI is InChI=1S/C16H20ClN5O2/c1-16(2,3)24-15(23)22-9-4-5-10(22)11(6-9)21-8-20-12-13(17)18-7-19-14(12)21/h7-11H,4-6H2,1-3H3/t9-,10+,11-/m0/s1. The number of aromatic nitrogens is 4. The van der Waals surface area contributed by atoms with E-state index in [4.69, 9.17) is 16.3 Å². The molecule has 2 aliphatic heterocycles. The zero-order valence-electron chi connectivity index (χ0n) is 13.9. The first-order valence-corrected chi connectivity index (χ1v) is 8.57. The van der Waals surface area contributed by atoms with E-state index in [0.717, 1.165) is 24.9 Å². The van der Waals surface area contributed by atoms with Crippen molar-refractivity contribution in [2.45, 2.75) is 63.8 Å². The Balaban J connectivity index is 1.64. The average molecular weight is 350 g/mol. The zero-order valence-corrected chi connectivity index (χ0v) is 14.7. The van der Waals surface area contributed by atoms with Gasteiger partial charge in [0.25, 0.3) is 0 Å². The summed E-state index contributed by atoms with van der Waals surface area (Å²) in [7, 11) is 0. The minimum Gasteiger partial charge on any atom is -0.444 e. The molecule has 0 N–H and O–H groups in total. The number of rotatable bonds is 1. The molecule has 2 saturated heterocycles. The summed E-state index contributed by atoms with van der Waals surface area (Å²) in [4.78, 5) is 27.1. The SMILES string of the molecule is CC(C)(C)OC(=O)N1[C@H]2CC[C@@H]1[C@@H](n1cnc3c(Cl)ncnc31)C2. The topological polar surface area (TPSA) is 73.1 Å². The van der Waals surface area contributed by atoms with Gasteiger partial charge in [-0.25, -0.2) is 19.7 Å². The van der Waals surface area contributed by atoms with E-state index >= 15 is 0 Å². The Hall–Kier alpha value is -1.89. The number of nitrogens with zero attached hydrogens (tertiary/aromatic N) is 5. The van der Waals surface area contributed by atoms with E-state index < -0.39 is 5.60 Å². The Morgan fingerprint density at radius 2 is 2.04 bits per heavy atom. The summed E-state index contributed by atoms with van der Waals surface area (Å²) in [5, 5.41) is 0.353. The van der Waals surface area contributed by atoms with Crippen molar-refractivity contribution in [3.05, 3.63) is 17.8 Å². The maximum Gasteiger partial charge on any atom is 0.410 e. The van der Waals surface area contributed by atoms with E-state index in [1.54, 1.807) is 6.33 Å². The zero-order chi connectivity index (χ0) is 17.1. The molecule has 0 unspecified atom stereocenters. The minimum atomic E-state index is -0.489. The minimum absolute atomic E-state index is 0.107. The van der Waals surface area contributed by atoms with Gasteiger partial charge in [-0.2, -0.15) is 0 Å². The molecule has 7 nitrogen and oxygen atoms in total. The molecule has 2 aliphatic rings. The first-order valence-electron chi connectivity index (χ1n) is 8.19. The summed E-state index contributed by atoms with van der Waals surface area (Å²) in [5.41, 5.74) is 0.833. The van der Waals surface area contributed by atoms with Gasteiger partial charge in [0, 0.05) is 6.04 Å². The van der Waals surface area contributed by atoms with Gasteiger partial charge in [-0.3, -0.25) is 0 Å². The molecule has 4 heterocycles. The number of amides is 1. The lowest BCUT2D eigenvalue weighted by atomic mass is 9.95. The van der Waals surface area contributed by atoms with Crippen molar-refractivity contribution in [3.8, 4) is 0 Å². The fraction of sp³-hybridized carbons (Fsp3) is 0.625. The highest BCUT2D eigenvalue weighted by Gasteiger charge is 2.50. The van der Waals surface area contributed by atoms with E-state index in [2.05, 4.69) is 15.0 Å². The summed E-state index contributed by atoms with van der Waals surface area (Å²) in [6.07, 6.45) is 5.84. The van der Waals surface area contributed by atoms with Crippen LogP contribution in [-0.2, 0) is 4.74 Å². The van der Waals surface area contributed by atoms with Crippen molar-refractivity contribution < 1.29 is 9.53 Å². The van der Waals surface area contributed by atoms with Crippen molar-refractivity contribution >= 4 is 28.9 Å². The van der Waals surface area contributed by atoms with Gasteiger partial charge in [-0.1, -0.05) is 11.6 Å². The lowest BCUT2D eigenvalue weighted by Gasteiger charge is -2.28. The fourth-order valence-corrected chi connectivity index (χ4v) is 4.10. The largest absolute Gasteiger partial charge is 0.444 e. The lowest BCUT2D eigenvalue weighted by Crippen LogP contribution is -2.40. The van der Waals surface area contributed by atoms with Crippen LogP contribution in [0.15, 0.2) is 12.7 Å². The van der Waals surface area contributed by atoms with Crippen molar-refractivity contribution in [2.24, 2.45) is 0 Å². The first kappa shape index (κ1) is 15.6. The fourth-order valence-electron chi connectivity index (χ4n) is 3.92. The van der Waals surface area contributed by atoms with Crippen molar-refractivity contribution in [2.75, 3.05) is 0 Å². The third kappa shape index (κ3) is 2.42. The Bertz CT molecular complexity index is 799. The van der Waals surface area contributed by atoms with Crippen LogP contribution in [0.3, 0.4) is 0 Å². The van der Waals surface area contributed by atoms with Gasteiger partial charge in [0.1, 0.15) is 17.4 Å². The molecule has 0 aromatic carbocycles. The van der Waals surface area contributed by atoms with Gasteiger partial charge < -0.3 is 14.2 Å². The molecule has 4 rings (SSSR count). The maximum absolute atomic E-state index is 12.6. The molecule has 2 fully saturated rings. The second kappa shape index (κ2) is 5.31. The quantitative estimate of drug-likeness (QED) is 0.739. The molecule has 2 aromatic heterocycles. The van der Waals surface area contributed by atoms with Gasteiger partial charge >= 0.3 is 6.09 Å². The number of carbonyl (C=O) groups excluding carboxylic acids is 1. The highest BCUT2D eigenvalue weighted by molar-refractivity contribution is 6.33. The highest BCUT2D eigenvalue weighted by Crippen LogP contribution is 2.45. The number of hydrogen-bond donors (Lipinski definition) is 0. The van der Waals surface area contributed by atoms with E-state index in [-0.39, 0.29) is 24.2 Å². The predicted molar refractivity (Wildman–Crippen MR) is 88.9 cm³/mol. The Morgan fingerprint density at radius 1 is 1.25 bits per heavy atom. The molecular weight excluding hydrogens is 330 g/mol. The average Bonchev–Trinajstić information content (AvgIpc) is 3.17. The summed E-state index contributed by atoms with van der Waals surface area (Å²) in [6, 6.07) is 0.466. The van der Waals surface area contributed by atoms with E-state index in [0.29, 0.717) is 10.7 Å². The number of hydrogen-bond acceptors (Lipinski definition) is 5. The van der Waals surface area contributed by atoms with Crippen LogP contribution in [0.1, 0.15) is 46.1 Å². The second-order valence-corrected chi connectivity index (χ2v) is 7.84. The van der Waals surface area contributed by atoms with Crippen LogP contribution in [0.2, 0.25) is 5.15 Å². The van der Waals surface area contributed by atoms with E-state index in [1.807, 2.05) is 30.2 Å². The normalized spacial score (nSPS) is 26.3. The molecule has 3 atom stereocenters. The van der Waals surface area contributed by atoms with Crippen LogP contribution in [0.25, 0.3) is 11.2 Å². The van der Waals surface area contributed by atoms with Crippen LogP contribution in [0.4, 0.5) is 4.79 Å². The van der Waals surface area contributed by atoms with E-state index in [9.17, 15) is 4.79 Å². The molecule has 0 saturated carbocycles. The number of carbonyl (C=O) groups is 1. The monoisotopic (exact) mass is 349 g/mol. The van der Waals surface area contributed by atoms with Gasteiger partial charge in [0.2, 0.25) is 0 Å². The van der Waals surface area contributed by atoms with Crippen LogP contribution in [-0.4, -0.2) is 48.2 Å². The molecule has 0 spiro atoms. The van der Waals surface area contributed by atoms with Gasteiger partial charge in [-0.05, 0) is 40.0 Å². The summed E-state index contributed by atoms with van der Waals surface area (Å²) in [6.45, 7) is 5.67. The third-order valence-electron chi connectivity index (χ3n) is 4.78. The number of halogens is 1. The summed E-state index contributed by atoms with van der Waals surface area (Å²) in [5.74, 6) is 0. The molecule has 2 aromatic rings. The Kier molecular flexibility index (Phi) is 3.46. The Morgan fingerprint density at radius 3 is 2.79 bits per heavy atom. The molecule has 0 radical (unpaired) electrons. The van der Waals surface area contributed by atoms with Gasteiger partial charge in [0.05, 0.1) is 18.4 Å². The molecular formula is C16H20ClN5O2. The van der Waals surface area contributed by atoms with Gasteiger partial charge in [0.15, 0.2) is 10.8 Å². The Labute approximate surface area is 145 Å². The molecule has 128 valence electrons. The molecule has 24 heavy (non-hydrogen) atoms. The summed E-state index contributed by atoms with van der Waals surface area (Å²) < 4.78 is 7.62. The van der Waals surface area contributed by atoms with Crippen LogP contribution in [0.5, 0.6) is 0 Å². The highest BCUT2D eigenvalue weighted by atomic mass is 35.5. The van der Waals surface area contributed by atoms with Crippen LogP contribution >= 0.6 is 11.6 Å². The molecule has 8 heteroatoms. The number of imidazole rings is 1. The smallest absolute Gasteiger partial charge is 0.410 e. The first-order chi connectivity index (χ1) is 11.3. The molecule has 0 aliphatic carbocycles. The number of ether oxygens (including phenoxy) is 1. The molecule has 2 bridgehead atoms. The van der Waals surface area contributed by atoms with Crippen LogP contribution in [0, 0.1) is 0 Å². The predicted octanol–water partition coefficient (Wildman–Crippen LogP) is 3.19. The van der Waals surface area contributed by atoms with Crippen molar-refractivity contribution in [3.63, 3.8) is 0 Å². The van der Waals surface area contributed by atoms with Crippen molar-refractivity contribution in [1.82, 2.24) is 24.4 Å². The van der Waals surface area contributed by atoms with E-state index in [1.165, 1.54) is 6.33 Å². The maximum atomic E-state index is 12.6. The van der Waals surface area contributed by atoms with Crippen molar-refractivity contribution in [1.29, 1.82) is 0 Å². The third-order valence-corrected chi connectivity index (χ3v) is 5.06. The second-order valence-electron chi connectivity index (χ2n) is 7.48. The van der Waals surface area contributed by atoms with Crippen LogP contribution < -0.4 is 0 Å². The number of fused-ring (bicyclic) bond motifs is 3. The molecule has 1 amide bonds.